The molecule has 1 N–H and O–H groups in total. The van der Waals surface area contributed by atoms with Crippen LogP contribution < -0.4 is 4.74 Å². The van der Waals surface area contributed by atoms with E-state index >= 15 is 0 Å². The number of rotatable bonds is 6. The molecule has 0 radical (unpaired) electrons. The number of hydrogen-bond donors (Lipinski definition) is 1. The van der Waals surface area contributed by atoms with Crippen LogP contribution in [-0.4, -0.2) is 74.7 Å². The van der Waals surface area contributed by atoms with Gasteiger partial charge >= 0.3 is 0 Å². The van der Waals surface area contributed by atoms with E-state index in [9.17, 15) is 9.90 Å². The number of hydrogen-bond acceptors (Lipinski definition) is 7. The maximum absolute atomic E-state index is 13.1. The Kier molecular flexibility index (Phi) is 7.15. The molecule has 1 amide bonds. The van der Waals surface area contributed by atoms with Crippen molar-refractivity contribution in [2.24, 2.45) is 5.92 Å². The SMILES string of the molecule is C[C@@H]1CN([C@@H](C)CO)C(=O)c2cc(Br)cnc2O[C@@H]1CN(C)Cc1cncnc1. The molecule has 2 aromatic rings. The Morgan fingerprint density at radius 3 is 2.79 bits per heavy atom. The third-order valence-electron chi connectivity index (χ3n) is 5.05. The fourth-order valence-corrected chi connectivity index (χ4v) is 3.72. The number of halogens is 1. The third kappa shape index (κ3) is 5.29. The Labute approximate surface area is 179 Å². The van der Waals surface area contributed by atoms with Crippen molar-refractivity contribution in [3.8, 4) is 5.88 Å². The molecule has 3 atom stereocenters. The summed E-state index contributed by atoms with van der Waals surface area (Å²) in [5.74, 6) is 0.179. The molecule has 0 saturated heterocycles. The van der Waals surface area contributed by atoms with Crippen LogP contribution in [0, 0.1) is 5.92 Å². The number of amides is 1. The van der Waals surface area contributed by atoms with Crippen LogP contribution in [0.3, 0.4) is 0 Å². The van der Waals surface area contributed by atoms with Crippen molar-refractivity contribution in [1.29, 1.82) is 0 Å². The van der Waals surface area contributed by atoms with Gasteiger partial charge in [-0.25, -0.2) is 15.0 Å². The molecule has 3 rings (SSSR count). The summed E-state index contributed by atoms with van der Waals surface area (Å²) in [7, 11) is 2.01. The van der Waals surface area contributed by atoms with E-state index in [1.165, 1.54) is 6.33 Å². The van der Waals surface area contributed by atoms with Crippen LogP contribution in [0.5, 0.6) is 5.88 Å². The van der Waals surface area contributed by atoms with Crippen molar-refractivity contribution in [2.45, 2.75) is 32.5 Å². The summed E-state index contributed by atoms with van der Waals surface area (Å²) >= 11 is 3.38. The van der Waals surface area contributed by atoms with Gasteiger partial charge in [0.25, 0.3) is 5.91 Å². The van der Waals surface area contributed by atoms with Crippen molar-refractivity contribution in [3.63, 3.8) is 0 Å². The highest BCUT2D eigenvalue weighted by molar-refractivity contribution is 9.10. The monoisotopic (exact) mass is 463 g/mol. The van der Waals surface area contributed by atoms with Gasteiger partial charge in [-0.15, -0.1) is 0 Å². The number of likely N-dealkylation sites (N-methyl/N-ethyl adjacent to an activating group) is 1. The average molecular weight is 464 g/mol. The number of ether oxygens (including phenoxy) is 1. The second-order valence-corrected chi connectivity index (χ2v) is 8.49. The number of aliphatic hydroxyl groups is 1. The molecule has 0 bridgehead atoms. The maximum atomic E-state index is 13.1. The molecule has 1 aliphatic heterocycles. The minimum Gasteiger partial charge on any atom is -0.472 e. The van der Waals surface area contributed by atoms with E-state index in [0.29, 0.717) is 35.6 Å². The van der Waals surface area contributed by atoms with Gasteiger partial charge in [0.05, 0.1) is 12.6 Å². The average Bonchev–Trinajstić information content (AvgIpc) is 2.71. The Bertz CT molecular complexity index is 838. The van der Waals surface area contributed by atoms with Gasteiger partial charge in [-0.1, -0.05) is 6.92 Å². The van der Waals surface area contributed by atoms with Crippen molar-refractivity contribution in [1.82, 2.24) is 24.8 Å². The second kappa shape index (κ2) is 9.60. The van der Waals surface area contributed by atoms with Crippen LogP contribution in [0.4, 0.5) is 0 Å². The van der Waals surface area contributed by atoms with Gasteiger partial charge in [-0.2, -0.15) is 0 Å². The summed E-state index contributed by atoms with van der Waals surface area (Å²) < 4.78 is 6.93. The van der Waals surface area contributed by atoms with E-state index in [4.69, 9.17) is 4.74 Å². The van der Waals surface area contributed by atoms with E-state index < -0.39 is 0 Å². The predicted molar refractivity (Wildman–Crippen MR) is 111 cm³/mol. The van der Waals surface area contributed by atoms with Gasteiger partial charge in [0.15, 0.2) is 0 Å². The topological polar surface area (TPSA) is 91.7 Å². The largest absolute Gasteiger partial charge is 0.472 e. The van der Waals surface area contributed by atoms with Crippen LogP contribution in [-0.2, 0) is 6.54 Å². The molecule has 0 spiro atoms. The first kappa shape index (κ1) is 21.6. The maximum Gasteiger partial charge on any atom is 0.259 e. The third-order valence-corrected chi connectivity index (χ3v) is 5.48. The molecule has 0 saturated carbocycles. The molecule has 0 aliphatic carbocycles. The molecule has 0 aromatic carbocycles. The lowest BCUT2D eigenvalue weighted by Gasteiger charge is -2.37. The quantitative estimate of drug-likeness (QED) is 0.699. The summed E-state index contributed by atoms with van der Waals surface area (Å²) in [5, 5.41) is 9.66. The normalized spacial score (nSPS) is 20.6. The highest BCUT2D eigenvalue weighted by Gasteiger charge is 2.34. The van der Waals surface area contributed by atoms with Crippen molar-refractivity contribution >= 4 is 21.8 Å². The van der Waals surface area contributed by atoms with Crippen molar-refractivity contribution in [3.05, 3.63) is 46.6 Å². The first-order valence-corrected chi connectivity index (χ1v) is 10.3. The van der Waals surface area contributed by atoms with E-state index in [0.717, 1.165) is 5.56 Å². The molecule has 29 heavy (non-hydrogen) atoms. The molecule has 1 aliphatic rings. The first-order chi connectivity index (χ1) is 13.9. The number of pyridine rings is 1. The van der Waals surface area contributed by atoms with Crippen LogP contribution in [0.1, 0.15) is 29.8 Å². The molecule has 156 valence electrons. The molecular weight excluding hydrogens is 438 g/mol. The number of carbonyl (C=O) groups excluding carboxylic acids is 1. The zero-order valence-electron chi connectivity index (χ0n) is 16.8. The summed E-state index contributed by atoms with van der Waals surface area (Å²) in [4.78, 5) is 29.4. The zero-order chi connectivity index (χ0) is 21.0. The summed E-state index contributed by atoms with van der Waals surface area (Å²) in [6.07, 6.45) is 6.55. The highest BCUT2D eigenvalue weighted by Crippen LogP contribution is 2.28. The lowest BCUT2D eigenvalue weighted by atomic mass is 10.00. The molecule has 3 heterocycles. The van der Waals surface area contributed by atoms with Gasteiger partial charge in [-0.3, -0.25) is 9.69 Å². The van der Waals surface area contributed by atoms with Crippen LogP contribution in [0.25, 0.3) is 0 Å². The Hall–Kier alpha value is -2.10. The van der Waals surface area contributed by atoms with Crippen molar-refractivity contribution < 1.29 is 14.6 Å². The number of fused-ring (bicyclic) bond motifs is 1. The summed E-state index contributed by atoms with van der Waals surface area (Å²) in [5.41, 5.74) is 1.41. The molecular formula is C20H26BrN5O3. The van der Waals surface area contributed by atoms with Crippen LogP contribution in [0.15, 0.2) is 35.5 Å². The van der Waals surface area contributed by atoms with E-state index in [2.05, 4.69) is 42.7 Å². The highest BCUT2D eigenvalue weighted by atomic mass is 79.9. The van der Waals surface area contributed by atoms with Gasteiger partial charge in [0.2, 0.25) is 5.88 Å². The second-order valence-electron chi connectivity index (χ2n) is 7.57. The lowest BCUT2D eigenvalue weighted by Crippen LogP contribution is -2.49. The van der Waals surface area contributed by atoms with Crippen molar-refractivity contribution in [2.75, 3.05) is 26.7 Å². The zero-order valence-corrected chi connectivity index (χ0v) is 18.4. The van der Waals surface area contributed by atoms with Crippen LogP contribution in [0.2, 0.25) is 0 Å². The minimum atomic E-state index is -0.297. The number of aromatic nitrogens is 3. The molecule has 0 fully saturated rings. The standard InChI is InChI=1S/C20H26BrN5O3/c1-13-8-26(14(2)11-27)20(28)17-4-16(21)7-24-19(17)29-18(13)10-25(3)9-15-5-22-12-23-6-15/h4-7,12-14,18,27H,8-11H2,1-3H3/t13-,14+,18-/m1/s1. The fraction of sp³-hybridized carbons (Fsp3) is 0.500. The van der Waals surface area contributed by atoms with Gasteiger partial charge in [0, 0.05) is 54.2 Å². The van der Waals surface area contributed by atoms with E-state index in [1.54, 1.807) is 29.6 Å². The minimum absolute atomic E-state index is 0.0426. The summed E-state index contributed by atoms with van der Waals surface area (Å²) in [6, 6.07) is 1.43. The number of aliphatic hydroxyl groups excluding tert-OH is 1. The number of nitrogens with zero attached hydrogens (tertiary/aromatic N) is 5. The number of carbonyl (C=O) groups is 1. The smallest absolute Gasteiger partial charge is 0.259 e. The lowest BCUT2D eigenvalue weighted by molar-refractivity contribution is 0.0325. The molecule has 2 aromatic heterocycles. The Morgan fingerprint density at radius 2 is 2.10 bits per heavy atom. The van der Waals surface area contributed by atoms with Gasteiger partial charge in [-0.05, 0) is 36.0 Å². The fourth-order valence-electron chi connectivity index (χ4n) is 3.39. The van der Waals surface area contributed by atoms with E-state index in [1.807, 2.05) is 14.0 Å². The van der Waals surface area contributed by atoms with Crippen LogP contribution >= 0.6 is 15.9 Å². The Balaban J connectivity index is 1.85. The molecule has 0 unspecified atom stereocenters. The first-order valence-electron chi connectivity index (χ1n) is 9.55. The summed E-state index contributed by atoms with van der Waals surface area (Å²) in [6.45, 7) is 5.60. The van der Waals surface area contributed by atoms with E-state index in [-0.39, 0.29) is 30.6 Å². The van der Waals surface area contributed by atoms with Gasteiger partial charge in [0.1, 0.15) is 18.0 Å². The predicted octanol–water partition coefficient (Wildman–Crippen LogP) is 1.99. The molecule has 9 heteroatoms. The molecule has 8 nitrogen and oxygen atoms in total. The Morgan fingerprint density at radius 1 is 1.38 bits per heavy atom. The van der Waals surface area contributed by atoms with Gasteiger partial charge < -0.3 is 14.7 Å².